The van der Waals surface area contributed by atoms with E-state index in [9.17, 15) is 14.9 Å². The van der Waals surface area contributed by atoms with Gasteiger partial charge >= 0.3 is 12.2 Å². The molecule has 0 aromatic rings. The lowest BCUT2D eigenvalue weighted by molar-refractivity contribution is -0.590. The first-order chi connectivity index (χ1) is 5.27. The van der Waals surface area contributed by atoms with Crippen LogP contribution in [0, 0.1) is 15.5 Å². The quantitative estimate of drug-likeness (QED) is 0.360. The van der Waals surface area contributed by atoms with Crippen LogP contribution in [0.5, 0.6) is 0 Å². The Labute approximate surface area is 69.0 Å². The van der Waals surface area contributed by atoms with Gasteiger partial charge in [-0.15, -0.1) is 0 Å². The van der Waals surface area contributed by atoms with Crippen LogP contribution in [0.25, 0.3) is 0 Å². The van der Waals surface area contributed by atoms with Gasteiger partial charge < -0.3 is 10.2 Å². The number of aliphatic hydroxyl groups excluding tert-OH is 1. The normalized spacial score (nSPS) is 13.9. The fourth-order valence-electron chi connectivity index (χ4n) is 0.766. The summed E-state index contributed by atoms with van der Waals surface area (Å²) in [5.74, 6) is -1.17. The van der Waals surface area contributed by atoms with Crippen molar-refractivity contribution in [2.24, 2.45) is 5.41 Å². The number of nitrogens with zero attached hydrogens (tertiary/aromatic N) is 1. The van der Waals surface area contributed by atoms with Crippen LogP contribution in [0.1, 0.15) is 20.3 Å². The molecular formula is C6H11NO5. The molecule has 1 atom stereocenters. The molecular weight excluding hydrogens is 166 g/mol. The molecule has 0 aromatic carbocycles. The van der Waals surface area contributed by atoms with Crippen LogP contribution in [0.4, 0.5) is 0 Å². The van der Waals surface area contributed by atoms with Crippen molar-refractivity contribution in [3.63, 3.8) is 0 Å². The molecule has 0 fully saturated rings. The van der Waals surface area contributed by atoms with Crippen molar-refractivity contribution < 1.29 is 19.9 Å². The molecule has 12 heavy (non-hydrogen) atoms. The number of carboxylic acid groups (broad SMARTS) is 1. The van der Waals surface area contributed by atoms with Crippen LogP contribution >= 0.6 is 0 Å². The van der Waals surface area contributed by atoms with E-state index in [0.717, 1.165) is 0 Å². The lowest BCUT2D eigenvalue weighted by Gasteiger charge is -2.21. The molecule has 0 spiro atoms. The third-order valence-electron chi connectivity index (χ3n) is 1.51. The van der Waals surface area contributed by atoms with Gasteiger partial charge in [0.2, 0.25) is 0 Å². The van der Waals surface area contributed by atoms with E-state index in [0.29, 0.717) is 0 Å². The standard InChI is InChI=1S/C6H11NO5/c1-6(2,3-4(8)9)5(10)7(11)12/h5,10H,3H2,1-2H3,(H,8,9). The second-order valence-electron chi connectivity index (χ2n) is 3.22. The van der Waals surface area contributed by atoms with Crippen LogP contribution in [0.3, 0.4) is 0 Å². The molecule has 0 heterocycles. The molecule has 0 bridgehead atoms. The first kappa shape index (κ1) is 10.8. The Balaban J connectivity index is 4.38. The lowest BCUT2D eigenvalue weighted by Crippen LogP contribution is -2.37. The summed E-state index contributed by atoms with van der Waals surface area (Å²) < 4.78 is 0. The Morgan fingerprint density at radius 2 is 2.08 bits per heavy atom. The van der Waals surface area contributed by atoms with Gasteiger partial charge in [-0.3, -0.25) is 14.9 Å². The van der Waals surface area contributed by atoms with E-state index in [1.165, 1.54) is 13.8 Å². The average Bonchev–Trinajstić information content (AvgIpc) is 1.82. The molecule has 2 N–H and O–H groups in total. The summed E-state index contributed by atoms with van der Waals surface area (Å²) in [5, 5.41) is 27.4. The van der Waals surface area contributed by atoms with Gasteiger partial charge in [-0.05, 0) is 0 Å². The zero-order valence-electron chi connectivity index (χ0n) is 6.85. The number of hydrogen-bond acceptors (Lipinski definition) is 4. The smallest absolute Gasteiger partial charge is 0.318 e. The molecule has 70 valence electrons. The lowest BCUT2D eigenvalue weighted by atomic mass is 9.87. The Hall–Kier alpha value is -1.17. The predicted molar refractivity (Wildman–Crippen MR) is 39.0 cm³/mol. The van der Waals surface area contributed by atoms with Gasteiger partial charge in [-0.2, -0.15) is 0 Å². The van der Waals surface area contributed by atoms with Crippen LogP contribution in [0.2, 0.25) is 0 Å². The third kappa shape index (κ3) is 2.83. The maximum absolute atomic E-state index is 10.2. The minimum atomic E-state index is -1.84. The third-order valence-corrected chi connectivity index (χ3v) is 1.51. The van der Waals surface area contributed by atoms with Crippen molar-refractivity contribution >= 4 is 5.97 Å². The maximum Gasteiger partial charge on any atom is 0.318 e. The molecule has 0 rings (SSSR count). The zero-order valence-corrected chi connectivity index (χ0v) is 6.85. The van der Waals surface area contributed by atoms with Crippen LogP contribution < -0.4 is 0 Å². The number of carboxylic acids is 1. The number of nitro groups is 1. The van der Waals surface area contributed by atoms with Crippen molar-refractivity contribution in [2.45, 2.75) is 26.5 Å². The van der Waals surface area contributed by atoms with Gasteiger partial charge in [-0.25, -0.2) is 0 Å². The molecule has 6 heteroatoms. The molecule has 0 aliphatic carbocycles. The zero-order chi connectivity index (χ0) is 9.94. The van der Waals surface area contributed by atoms with Crippen molar-refractivity contribution in [1.29, 1.82) is 0 Å². The topological polar surface area (TPSA) is 101 Å². The van der Waals surface area contributed by atoms with Crippen LogP contribution in [-0.4, -0.2) is 27.3 Å². The maximum atomic E-state index is 10.2. The summed E-state index contributed by atoms with van der Waals surface area (Å²) in [4.78, 5) is 19.4. The van der Waals surface area contributed by atoms with E-state index in [1.807, 2.05) is 0 Å². The van der Waals surface area contributed by atoms with Gasteiger partial charge in [0, 0.05) is 0 Å². The molecule has 0 aliphatic heterocycles. The number of carbonyl (C=O) groups is 1. The van der Waals surface area contributed by atoms with E-state index >= 15 is 0 Å². The molecule has 0 radical (unpaired) electrons. The van der Waals surface area contributed by atoms with E-state index < -0.39 is 29.0 Å². The summed E-state index contributed by atoms with van der Waals surface area (Å²) in [7, 11) is 0. The monoisotopic (exact) mass is 177 g/mol. The average molecular weight is 177 g/mol. The molecule has 6 nitrogen and oxygen atoms in total. The van der Waals surface area contributed by atoms with Crippen molar-refractivity contribution in [3.8, 4) is 0 Å². The summed E-state index contributed by atoms with van der Waals surface area (Å²) in [6.07, 6.45) is -2.27. The summed E-state index contributed by atoms with van der Waals surface area (Å²) >= 11 is 0. The van der Waals surface area contributed by atoms with E-state index in [4.69, 9.17) is 10.2 Å². The van der Waals surface area contributed by atoms with Gasteiger partial charge in [-0.1, -0.05) is 13.8 Å². The van der Waals surface area contributed by atoms with Crippen molar-refractivity contribution in [2.75, 3.05) is 0 Å². The highest BCUT2D eigenvalue weighted by atomic mass is 16.7. The molecule has 1 unspecified atom stereocenters. The summed E-state index contributed by atoms with van der Waals surface area (Å²) in [6, 6.07) is 0. The number of aliphatic carboxylic acids is 1. The number of aliphatic hydroxyl groups is 1. The van der Waals surface area contributed by atoms with Crippen LogP contribution in [0.15, 0.2) is 0 Å². The van der Waals surface area contributed by atoms with Crippen molar-refractivity contribution in [1.82, 2.24) is 0 Å². The highest BCUT2D eigenvalue weighted by Crippen LogP contribution is 2.25. The van der Waals surface area contributed by atoms with Gasteiger partial charge in [0.15, 0.2) is 0 Å². The van der Waals surface area contributed by atoms with E-state index in [2.05, 4.69) is 0 Å². The molecule has 0 amide bonds. The molecule has 0 saturated carbocycles. The highest BCUT2D eigenvalue weighted by Gasteiger charge is 2.39. The first-order valence-electron chi connectivity index (χ1n) is 3.31. The Kier molecular flexibility index (Phi) is 3.15. The first-order valence-corrected chi connectivity index (χ1v) is 3.31. The fraction of sp³-hybridized carbons (Fsp3) is 0.833. The highest BCUT2D eigenvalue weighted by molar-refractivity contribution is 5.67. The van der Waals surface area contributed by atoms with Crippen molar-refractivity contribution in [3.05, 3.63) is 10.1 Å². The largest absolute Gasteiger partial charge is 0.481 e. The van der Waals surface area contributed by atoms with Crippen LogP contribution in [-0.2, 0) is 4.79 Å². The van der Waals surface area contributed by atoms with E-state index in [1.54, 1.807) is 0 Å². The molecule has 0 saturated heterocycles. The van der Waals surface area contributed by atoms with Gasteiger partial charge in [0.25, 0.3) is 0 Å². The Morgan fingerprint density at radius 3 is 2.33 bits per heavy atom. The fourth-order valence-corrected chi connectivity index (χ4v) is 0.766. The number of hydrogen-bond donors (Lipinski definition) is 2. The minimum Gasteiger partial charge on any atom is -0.481 e. The predicted octanol–water partition coefficient (Wildman–Crippen LogP) is 0.0824. The Morgan fingerprint density at radius 1 is 1.67 bits per heavy atom. The SMILES string of the molecule is CC(C)(CC(=O)O)C(O)[N+](=O)[O-]. The second kappa shape index (κ2) is 3.48. The second-order valence-corrected chi connectivity index (χ2v) is 3.22. The summed E-state index contributed by atoms with van der Waals surface area (Å²) in [6.45, 7) is 2.66. The minimum absolute atomic E-state index is 0.435. The van der Waals surface area contributed by atoms with Gasteiger partial charge in [0.1, 0.15) is 0 Å². The number of rotatable bonds is 4. The summed E-state index contributed by atoms with van der Waals surface area (Å²) in [5.41, 5.74) is -1.24. The molecule has 0 aliphatic rings. The molecule has 0 aromatic heterocycles. The van der Waals surface area contributed by atoms with E-state index in [-0.39, 0.29) is 0 Å². The van der Waals surface area contributed by atoms with Gasteiger partial charge in [0.05, 0.1) is 16.8 Å². The Bertz CT molecular complexity index is 200.